The lowest BCUT2D eigenvalue weighted by Crippen LogP contribution is -1.91. The van der Waals surface area contributed by atoms with E-state index in [1.807, 2.05) is 0 Å². The fraction of sp³-hybridized carbons (Fsp3) is 0.667. The maximum Gasteiger partial charge on any atom is 0.362 e. The summed E-state index contributed by atoms with van der Waals surface area (Å²) in [5.41, 5.74) is 0. The average molecular weight is 154 g/mol. The minimum Gasteiger partial charge on any atom is -0.321 e. The molecular weight excluding hydrogens is 147 g/mol. The molecule has 0 aliphatic carbocycles. The highest BCUT2D eigenvalue weighted by Crippen LogP contribution is 2.37. The van der Waals surface area contributed by atoms with Gasteiger partial charge in [0.15, 0.2) is 0 Å². The topological polar surface area (TPSA) is 57.5 Å². The Hall–Kier alpha value is 0.240. The third-order valence-electron chi connectivity index (χ3n) is 0.627. The van der Waals surface area contributed by atoms with Crippen molar-refractivity contribution in [3.8, 4) is 0 Å². The Kier molecular flexibility index (Phi) is 2.77. The molecule has 0 heterocycles. The van der Waals surface area contributed by atoms with Crippen molar-refractivity contribution < 1.29 is 14.4 Å². The second kappa shape index (κ2) is 2.69. The summed E-state index contributed by atoms with van der Waals surface area (Å²) in [5, 5.41) is 0. The van der Waals surface area contributed by atoms with Gasteiger partial charge in [-0.1, -0.05) is 19.1 Å². The lowest BCUT2D eigenvalue weighted by molar-refractivity contribution is 0.391. The van der Waals surface area contributed by atoms with Crippen LogP contribution in [0.4, 0.5) is 0 Å². The van der Waals surface area contributed by atoms with Gasteiger partial charge in [-0.05, 0) is 6.42 Å². The van der Waals surface area contributed by atoms with Gasteiger partial charge in [0.2, 0.25) is 0 Å². The Morgan fingerprint density at radius 3 is 2.12 bits per heavy atom. The van der Waals surface area contributed by atoms with Gasteiger partial charge < -0.3 is 9.79 Å². The van der Waals surface area contributed by atoms with Gasteiger partial charge in [-0.3, -0.25) is 4.57 Å². The van der Waals surface area contributed by atoms with Gasteiger partial charge in [0.05, 0.1) is 0 Å². The summed E-state index contributed by atoms with van der Waals surface area (Å²) in [6.07, 6.45) is 0.264. The van der Waals surface area contributed by atoms with Crippen molar-refractivity contribution in [1.82, 2.24) is 0 Å². The smallest absolute Gasteiger partial charge is 0.321 e. The van der Waals surface area contributed by atoms with Crippen LogP contribution < -0.4 is 0 Å². The molecule has 5 heteroatoms. The van der Waals surface area contributed by atoms with Crippen molar-refractivity contribution in [2.24, 2.45) is 0 Å². The van der Waals surface area contributed by atoms with E-state index < -0.39 is 7.60 Å². The first-order valence-electron chi connectivity index (χ1n) is 2.07. The predicted molar refractivity (Wildman–Crippen MR) is 34.9 cm³/mol. The van der Waals surface area contributed by atoms with E-state index in [1.165, 1.54) is 0 Å². The molecule has 0 aliphatic rings. The van der Waals surface area contributed by atoms with Crippen LogP contribution >= 0.6 is 19.8 Å². The van der Waals surface area contributed by atoms with Gasteiger partial charge in [-0.15, -0.1) is 0 Å². The third kappa shape index (κ3) is 2.52. The molecular formula is C3H7O3PS. The van der Waals surface area contributed by atoms with E-state index in [2.05, 4.69) is 12.2 Å². The normalized spacial score (nSPS) is 11.4. The summed E-state index contributed by atoms with van der Waals surface area (Å²) >= 11 is 4.33. The largest absolute Gasteiger partial charge is 0.362 e. The van der Waals surface area contributed by atoms with Crippen molar-refractivity contribution in [3.63, 3.8) is 0 Å². The summed E-state index contributed by atoms with van der Waals surface area (Å²) in [7, 11) is -4.03. The molecule has 0 saturated carbocycles. The highest BCUT2D eigenvalue weighted by Gasteiger charge is 2.17. The SMILES string of the molecule is CCC(=S)P(=O)(O)O. The summed E-state index contributed by atoms with van der Waals surface area (Å²) < 4.78 is 9.95. The Bertz CT molecular complexity index is 137. The van der Waals surface area contributed by atoms with Crippen LogP contribution in [0.5, 0.6) is 0 Å². The van der Waals surface area contributed by atoms with Crippen LogP contribution in [-0.2, 0) is 4.57 Å². The molecule has 2 N–H and O–H groups in total. The Morgan fingerprint density at radius 1 is 1.75 bits per heavy atom. The predicted octanol–water partition coefficient (Wildman–Crippen LogP) is 0.901. The fourth-order valence-corrected chi connectivity index (χ4v) is 0.618. The zero-order valence-corrected chi connectivity index (χ0v) is 6.08. The molecule has 8 heavy (non-hydrogen) atoms. The fourth-order valence-electron chi connectivity index (χ4n) is 0.206. The highest BCUT2D eigenvalue weighted by molar-refractivity contribution is 7.97. The monoisotopic (exact) mass is 154 g/mol. The summed E-state index contributed by atoms with van der Waals surface area (Å²) in [6, 6.07) is 0. The van der Waals surface area contributed by atoms with Crippen molar-refractivity contribution in [3.05, 3.63) is 0 Å². The minimum absolute atomic E-state index is 0.169. The van der Waals surface area contributed by atoms with E-state index in [0.717, 1.165) is 0 Å². The van der Waals surface area contributed by atoms with Gasteiger partial charge in [-0.25, -0.2) is 0 Å². The van der Waals surface area contributed by atoms with Gasteiger partial charge >= 0.3 is 7.60 Å². The molecule has 48 valence electrons. The number of hydrogen-bond acceptors (Lipinski definition) is 2. The Balaban J connectivity index is 4.04. The molecule has 0 aromatic rings. The first-order chi connectivity index (χ1) is 3.48. The number of hydrogen-bond donors (Lipinski definition) is 2. The molecule has 0 fully saturated rings. The zero-order valence-electron chi connectivity index (χ0n) is 4.37. The van der Waals surface area contributed by atoms with Gasteiger partial charge in [0.25, 0.3) is 0 Å². The van der Waals surface area contributed by atoms with Crippen LogP contribution in [0.1, 0.15) is 13.3 Å². The van der Waals surface area contributed by atoms with Crippen LogP contribution in [0.2, 0.25) is 0 Å². The lowest BCUT2D eigenvalue weighted by Gasteiger charge is -1.99. The molecule has 3 nitrogen and oxygen atoms in total. The standard InChI is InChI=1S/C3H7O3PS/c1-2-3(8)7(4,5)6/h2H2,1H3,(H2,4,5,6). The molecule has 0 aliphatic heterocycles. The second-order valence-corrected chi connectivity index (χ2v) is 3.71. The zero-order chi connectivity index (χ0) is 6.78. The van der Waals surface area contributed by atoms with Gasteiger partial charge in [0, 0.05) is 0 Å². The van der Waals surface area contributed by atoms with Crippen LogP contribution in [0.25, 0.3) is 0 Å². The molecule has 0 atom stereocenters. The van der Waals surface area contributed by atoms with Crippen LogP contribution in [0, 0.1) is 0 Å². The third-order valence-corrected chi connectivity index (χ3v) is 2.60. The van der Waals surface area contributed by atoms with E-state index in [0.29, 0.717) is 0 Å². The molecule has 0 aromatic heterocycles. The van der Waals surface area contributed by atoms with E-state index >= 15 is 0 Å². The molecule has 0 saturated heterocycles. The van der Waals surface area contributed by atoms with Gasteiger partial charge in [0.1, 0.15) is 4.61 Å². The minimum atomic E-state index is -4.03. The van der Waals surface area contributed by atoms with E-state index in [-0.39, 0.29) is 11.0 Å². The highest BCUT2D eigenvalue weighted by atomic mass is 32.1. The molecule has 0 aromatic carbocycles. The average Bonchev–Trinajstić information content (AvgIpc) is 1.62. The molecule has 0 unspecified atom stereocenters. The molecule has 0 rings (SSSR count). The van der Waals surface area contributed by atoms with Crippen molar-refractivity contribution >= 4 is 24.4 Å². The van der Waals surface area contributed by atoms with Crippen LogP contribution in [-0.4, -0.2) is 14.4 Å². The second-order valence-electron chi connectivity index (χ2n) is 1.29. The van der Waals surface area contributed by atoms with Gasteiger partial charge in [-0.2, -0.15) is 0 Å². The van der Waals surface area contributed by atoms with E-state index in [9.17, 15) is 4.57 Å². The molecule has 0 spiro atoms. The summed E-state index contributed by atoms with van der Waals surface area (Å²) in [6.45, 7) is 1.61. The molecule has 0 amide bonds. The maximum atomic E-state index is 10.1. The number of rotatable bonds is 2. The van der Waals surface area contributed by atoms with Crippen molar-refractivity contribution in [1.29, 1.82) is 0 Å². The van der Waals surface area contributed by atoms with Crippen molar-refractivity contribution in [2.45, 2.75) is 13.3 Å². The first-order valence-corrected chi connectivity index (χ1v) is 4.09. The molecule has 0 radical (unpaired) electrons. The quantitative estimate of drug-likeness (QED) is 0.458. The first kappa shape index (κ1) is 8.24. The van der Waals surface area contributed by atoms with E-state index in [4.69, 9.17) is 9.79 Å². The maximum absolute atomic E-state index is 10.1. The summed E-state index contributed by atoms with van der Waals surface area (Å²) in [5.74, 6) is 0. The number of thiocarbonyl (C=S) groups is 1. The lowest BCUT2D eigenvalue weighted by atomic mass is 10.6. The van der Waals surface area contributed by atoms with E-state index in [1.54, 1.807) is 6.92 Å². The molecule has 0 bridgehead atoms. The van der Waals surface area contributed by atoms with Crippen LogP contribution in [0.15, 0.2) is 0 Å². The van der Waals surface area contributed by atoms with Crippen molar-refractivity contribution in [2.75, 3.05) is 0 Å². The Morgan fingerprint density at radius 2 is 2.12 bits per heavy atom. The Labute approximate surface area is 52.9 Å². The van der Waals surface area contributed by atoms with Crippen LogP contribution in [0.3, 0.4) is 0 Å². The summed E-state index contributed by atoms with van der Waals surface area (Å²) in [4.78, 5) is 16.5.